The van der Waals surface area contributed by atoms with Crippen molar-refractivity contribution in [3.05, 3.63) is 100 Å². The number of methoxy groups -OCH3 is 1. The maximum absolute atomic E-state index is 12.9. The van der Waals surface area contributed by atoms with Crippen LogP contribution < -0.4 is 15.4 Å². The maximum atomic E-state index is 12.9. The number of para-hydroxylation sites is 1. The van der Waals surface area contributed by atoms with E-state index in [0.29, 0.717) is 39.0 Å². The maximum Gasteiger partial charge on any atom is 0.259 e. The zero-order chi connectivity index (χ0) is 24.2. The molecule has 7 nitrogen and oxygen atoms in total. The van der Waals surface area contributed by atoms with Gasteiger partial charge < -0.3 is 15.4 Å². The van der Waals surface area contributed by atoms with Crippen molar-refractivity contribution in [1.82, 2.24) is 9.78 Å². The fraction of sp³-hybridized carbons (Fsp3) is 0.115. The number of carbonyl (C=O) groups is 2. The van der Waals surface area contributed by atoms with Gasteiger partial charge in [0, 0.05) is 16.3 Å². The molecule has 0 saturated carbocycles. The van der Waals surface area contributed by atoms with Crippen LogP contribution in [-0.2, 0) is 0 Å². The van der Waals surface area contributed by atoms with Crippen molar-refractivity contribution < 1.29 is 14.3 Å². The van der Waals surface area contributed by atoms with Crippen molar-refractivity contribution >= 4 is 34.8 Å². The summed E-state index contributed by atoms with van der Waals surface area (Å²) in [5.41, 5.74) is 4.43. The molecule has 1 aromatic heterocycles. The van der Waals surface area contributed by atoms with Gasteiger partial charge in [0.2, 0.25) is 0 Å². The highest BCUT2D eigenvalue weighted by Crippen LogP contribution is 2.25. The van der Waals surface area contributed by atoms with Gasteiger partial charge in [-0.3, -0.25) is 9.59 Å². The van der Waals surface area contributed by atoms with Crippen LogP contribution >= 0.6 is 11.6 Å². The Hall–Kier alpha value is -4.10. The van der Waals surface area contributed by atoms with Crippen LogP contribution in [0.2, 0.25) is 5.02 Å². The number of rotatable bonds is 6. The van der Waals surface area contributed by atoms with Gasteiger partial charge in [0.1, 0.15) is 5.75 Å². The summed E-state index contributed by atoms with van der Waals surface area (Å²) < 4.78 is 7.04. The minimum absolute atomic E-state index is 0.270. The Labute approximate surface area is 202 Å². The van der Waals surface area contributed by atoms with E-state index in [1.54, 1.807) is 41.1 Å². The normalized spacial score (nSPS) is 10.6. The third-order valence-corrected chi connectivity index (χ3v) is 5.58. The summed E-state index contributed by atoms with van der Waals surface area (Å²) in [6.07, 6.45) is 0. The van der Waals surface area contributed by atoms with Crippen LogP contribution in [-0.4, -0.2) is 28.7 Å². The second-order valence-electron chi connectivity index (χ2n) is 7.62. The fourth-order valence-electron chi connectivity index (χ4n) is 3.59. The van der Waals surface area contributed by atoms with E-state index in [4.69, 9.17) is 16.3 Å². The molecule has 0 aliphatic rings. The van der Waals surface area contributed by atoms with Crippen molar-refractivity contribution in [3.63, 3.8) is 0 Å². The van der Waals surface area contributed by atoms with Crippen LogP contribution in [0.25, 0.3) is 5.69 Å². The SMILES string of the molecule is COc1ccc(Cl)cc1C(=O)Nc1ccc(C(=O)Nc2c(C)nn(-c3ccccc3)c2C)cc1. The summed E-state index contributed by atoms with van der Waals surface area (Å²) in [7, 11) is 1.49. The van der Waals surface area contributed by atoms with Crippen molar-refractivity contribution in [1.29, 1.82) is 0 Å². The molecule has 8 heteroatoms. The monoisotopic (exact) mass is 474 g/mol. The zero-order valence-electron chi connectivity index (χ0n) is 18.9. The predicted octanol–water partition coefficient (Wildman–Crippen LogP) is 5.66. The number of amides is 2. The van der Waals surface area contributed by atoms with E-state index in [1.165, 1.54) is 13.2 Å². The van der Waals surface area contributed by atoms with Crippen molar-refractivity contribution in [2.45, 2.75) is 13.8 Å². The summed E-state index contributed by atoms with van der Waals surface area (Å²) >= 11 is 6.02. The van der Waals surface area contributed by atoms with Crippen LogP contribution in [0.4, 0.5) is 11.4 Å². The summed E-state index contributed by atoms with van der Waals surface area (Å²) in [5, 5.41) is 10.7. The number of anilines is 2. The Balaban J connectivity index is 1.48. The molecule has 0 saturated heterocycles. The molecule has 0 unspecified atom stereocenters. The molecule has 0 bridgehead atoms. The lowest BCUT2D eigenvalue weighted by molar-refractivity contribution is 0.101. The first-order chi connectivity index (χ1) is 16.4. The van der Waals surface area contributed by atoms with Crippen LogP contribution in [0.5, 0.6) is 5.75 Å². The Morgan fingerprint density at radius 3 is 2.29 bits per heavy atom. The van der Waals surface area contributed by atoms with Crippen LogP contribution in [0.15, 0.2) is 72.8 Å². The Morgan fingerprint density at radius 1 is 0.912 bits per heavy atom. The highest BCUT2D eigenvalue weighted by Gasteiger charge is 2.17. The number of nitrogens with one attached hydrogen (secondary N) is 2. The molecule has 34 heavy (non-hydrogen) atoms. The van der Waals surface area contributed by atoms with E-state index < -0.39 is 0 Å². The van der Waals surface area contributed by atoms with Crippen molar-refractivity contribution in [2.24, 2.45) is 0 Å². The highest BCUT2D eigenvalue weighted by molar-refractivity contribution is 6.31. The van der Waals surface area contributed by atoms with E-state index in [-0.39, 0.29) is 11.8 Å². The van der Waals surface area contributed by atoms with Gasteiger partial charge in [-0.25, -0.2) is 4.68 Å². The molecule has 2 amide bonds. The number of hydrogen-bond donors (Lipinski definition) is 2. The van der Waals surface area contributed by atoms with Gasteiger partial charge >= 0.3 is 0 Å². The van der Waals surface area contributed by atoms with Crippen molar-refractivity contribution in [3.8, 4) is 11.4 Å². The van der Waals surface area contributed by atoms with Gasteiger partial charge in [-0.2, -0.15) is 5.10 Å². The van der Waals surface area contributed by atoms with Gasteiger partial charge in [0.05, 0.1) is 35.4 Å². The first kappa shape index (κ1) is 23.1. The topological polar surface area (TPSA) is 85.2 Å². The Morgan fingerprint density at radius 2 is 1.62 bits per heavy atom. The minimum atomic E-state index is -0.365. The Bertz CT molecular complexity index is 1350. The summed E-state index contributed by atoms with van der Waals surface area (Å²) in [5.74, 6) is -0.219. The average Bonchev–Trinajstić information content (AvgIpc) is 3.13. The van der Waals surface area contributed by atoms with Crippen LogP contribution in [0.1, 0.15) is 32.1 Å². The van der Waals surface area contributed by atoms with Crippen molar-refractivity contribution in [2.75, 3.05) is 17.7 Å². The van der Waals surface area contributed by atoms with Gasteiger partial charge in [-0.05, 0) is 68.4 Å². The average molecular weight is 475 g/mol. The molecular formula is C26H23ClN4O3. The number of aryl methyl sites for hydroxylation is 1. The summed E-state index contributed by atoms with van der Waals surface area (Å²) in [4.78, 5) is 25.5. The summed E-state index contributed by atoms with van der Waals surface area (Å²) in [6.45, 7) is 3.76. The molecule has 0 fully saturated rings. The standard InChI is InChI=1S/C26H23ClN4O3/c1-16-24(17(2)31(30-16)21-7-5-4-6-8-21)29-25(32)18-9-12-20(13-10-18)28-26(33)22-15-19(27)11-14-23(22)34-3/h4-15H,1-3H3,(H,28,33)(H,29,32). The van der Waals surface area contributed by atoms with E-state index >= 15 is 0 Å². The quantitative estimate of drug-likeness (QED) is 0.378. The number of hydrogen-bond acceptors (Lipinski definition) is 4. The number of benzene rings is 3. The highest BCUT2D eigenvalue weighted by atomic mass is 35.5. The smallest absolute Gasteiger partial charge is 0.259 e. The summed E-state index contributed by atoms with van der Waals surface area (Å²) in [6, 6.07) is 21.2. The molecule has 0 radical (unpaired) electrons. The third-order valence-electron chi connectivity index (χ3n) is 5.34. The van der Waals surface area contributed by atoms with E-state index in [2.05, 4.69) is 15.7 Å². The predicted molar refractivity (Wildman–Crippen MR) is 133 cm³/mol. The molecule has 172 valence electrons. The molecule has 2 N–H and O–H groups in total. The molecule has 0 aliphatic carbocycles. The second-order valence-corrected chi connectivity index (χ2v) is 8.06. The van der Waals surface area contributed by atoms with Gasteiger partial charge in [0.15, 0.2) is 0 Å². The number of aromatic nitrogens is 2. The largest absolute Gasteiger partial charge is 0.496 e. The molecule has 4 rings (SSSR count). The molecule has 0 spiro atoms. The van der Waals surface area contributed by atoms with Gasteiger partial charge in [0.25, 0.3) is 11.8 Å². The fourth-order valence-corrected chi connectivity index (χ4v) is 3.76. The minimum Gasteiger partial charge on any atom is -0.496 e. The third kappa shape index (κ3) is 4.79. The van der Waals surface area contributed by atoms with Crippen LogP contribution in [0.3, 0.4) is 0 Å². The van der Waals surface area contributed by atoms with E-state index in [1.807, 2.05) is 44.2 Å². The van der Waals surface area contributed by atoms with Gasteiger partial charge in [-0.15, -0.1) is 0 Å². The molecule has 1 heterocycles. The molecule has 4 aromatic rings. The molecular weight excluding hydrogens is 452 g/mol. The van der Waals surface area contributed by atoms with E-state index in [0.717, 1.165) is 11.4 Å². The molecule has 3 aromatic carbocycles. The lowest BCUT2D eigenvalue weighted by Crippen LogP contribution is -2.15. The zero-order valence-corrected chi connectivity index (χ0v) is 19.7. The number of halogens is 1. The molecule has 0 aliphatic heterocycles. The van der Waals surface area contributed by atoms with E-state index in [9.17, 15) is 9.59 Å². The second kappa shape index (κ2) is 9.80. The first-order valence-electron chi connectivity index (χ1n) is 10.6. The first-order valence-corrected chi connectivity index (χ1v) is 10.9. The number of ether oxygens (including phenoxy) is 1. The van der Waals surface area contributed by atoms with Gasteiger partial charge in [-0.1, -0.05) is 29.8 Å². The Kier molecular flexibility index (Phi) is 6.65. The lowest BCUT2D eigenvalue weighted by atomic mass is 10.1. The lowest BCUT2D eigenvalue weighted by Gasteiger charge is -2.11. The molecule has 0 atom stereocenters. The number of carbonyl (C=O) groups excluding carboxylic acids is 2. The van der Waals surface area contributed by atoms with Crippen LogP contribution in [0, 0.1) is 13.8 Å². The number of nitrogens with zero attached hydrogens (tertiary/aromatic N) is 2.